The zero-order valence-corrected chi connectivity index (χ0v) is 12.2. The first kappa shape index (κ1) is 16.7. The van der Waals surface area contributed by atoms with Gasteiger partial charge in [0.1, 0.15) is 0 Å². The molecular formula is C13H27ClN2O. The number of rotatable bonds is 7. The molecule has 0 aromatic carbocycles. The van der Waals surface area contributed by atoms with Crippen LogP contribution >= 0.6 is 12.4 Å². The predicted molar refractivity (Wildman–Crippen MR) is 74.3 cm³/mol. The molecule has 0 heterocycles. The first-order valence-electron chi connectivity index (χ1n) is 6.59. The molecule has 1 aliphatic carbocycles. The van der Waals surface area contributed by atoms with Crippen molar-refractivity contribution in [2.75, 3.05) is 6.54 Å². The fourth-order valence-corrected chi connectivity index (χ4v) is 2.16. The van der Waals surface area contributed by atoms with E-state index < -0.39 is 0 Å². The van der Waals surface area contributed by atoms with E-state index in [0.29, 0.717) is 6.54 Å². The normalized spacial score (nSPS) is 17.2. The van der Waals surface area contributed by atoms with Crippen LogP contribution in [0.4, 0.5) is 0 Å². The van der Waals surface area contributed by atoms with E-state index in [-0.39, 0.29) is 29.3 Å². The zero-order valence-electron chi connectivity index (χ0n) is 11.3. The summed E-state index contributed by atoms with van der Waals surface area (Å²) in [6.45, 7) is 6.91. The summed E-state index contributed by atoms with van der Waals surface area (Å²) in [6, 6.07) is 0. The van der Waals surface area contributed by atoms with Gasteiger partial charge in [-0.15, -0.1) is 12.4 Å². The highest BCUT2D eigenvalue weighted by Gasteiger charge is 2.48. The topological polar surface area (TPSA) is 55.1 Å². The van der Waals surface area contributed by atoms with Crippen molar-refractivity contribution < 1.29 is 4.79 Å². The van der Waals surface area contributed by atoms with E-state index >= 15 is 0 Å². The van der Waals surface area contributed by atoms with Gasteiger partial charge in [-0.1, -0.05) is 27.2 Å². The molecule has 0 atom stereocenters. The lowest BCUT2D eigenvalue weighted by atomic mass is 9.93. The van der Waals surface area contributed by atoms with Crippen LogP contribution in [-0.4, -0.2) is 18.0 Å². The summed E-state index contributed by atoms with van der Waals surface area (Å²) in [5.74, 6) is 0.228. The van der Waals surface area contributed by atoms with E-state index in [1.165, 1.54) is 0 Å². The van der Waals surface area contributed by atoms with E-state index in [0.717, 1.165) is 38.5 Å². The lowest BCUT2D eigenvalue weighted by molar-refractivity contribution is -0.126. The number of halogens is 1. The van der Waals surface area contributed by atoms with Gasteiger partial charge in [-0.3, -0.25) is 4.79 Å². The van der Waals surface area contributed by atoms with Crippen molar-refractivity contribution in [3.8, 4) is 0 Å². The lowest BCUT2D eigenvalue weighted by Crippen LogP contribution is -2.50. The van der Waals surface area contributed by atoms with Gasteiger partial charge >= 0.3 is 0 Å². The number of nitrogens with one attached hydrogen (secondary N) is 1. The second-order valence-corrected chi connectivity index (χ2v) is 5.28. The van der Waals surface area contributed by atoms with E-state index in [1.807, 2.05) is 0 Å². The van der Waals surface area contributed by atoms with Crippen LogP contribution in [0.3, 0.4) is 0 Å². The molecule has 3 nitrogen and oxygen atoms in total. The summed E-state index contributed by atoms with van der Waals surface area (Å²) in [7, 11) is 0. The minimum atomic E-state index is -0.224. The fourth-order valence-electron chi connectivity index (χ4n) is 2.16. The molecule has 3 N–H and O–H groups in total. The Balaban J connectivity index is 0.00000256. The van der Waals surface area contributed by atoms with Crippen LogP contribution in [0.15, 0.2) is 0 Å². The van der Waals surface area contributed by atoms with Gasteiger partial charge in [-0.2, -0.15) is 0 Å². The number of carbonyl (C=O) groups is 1. The number of carbonyl (C=O) groups excluding carboxylic acids is 1. The van der Waals surface area contributed by atoms with Gasteiger partial charge < -0.3 is 11.1 Å². The van der Waals surface area contributed by atoms with E-state index in [1.54, 1.807) is 0 Å². The third-order valence-corrected chi connectivity index (χ3v) is 4.07. The molecule has 1 amide bonds. The minimum Gasteiger partial charge on any atom is -0.354 e. The Kier molecular flexibility index (Phi) is 6.49. The molecule has 0 radical (unpaired) electrons. The molecule has 4 heteroatoms. The Labute approximate surface area is 111 Å². The van der Waals surface area contributed by atoms with Crippen molar-refractivity contribution in [3.63, 3.8) is 0 Å². The van der Waals surface area contributed by atoms with Gasteiger partial charge in [0, 0.05) is 17.5 Å². The second-order valence-electron chi connectivity index (χ2n) is 5.28. The highest BCUT2D eigenvalue weighted by atomic mass is 35.5. The maximum absolute atomic E-state index is 12.0. The van der Waals surface area contributed by atoms with Crippen LogP contribution in [0, 0.1) is 5.41 Å². The number of amides is 1. The van der Waals surface area contributed by atoms with Crippen LogP contribution < -0.4 is 11.1 Å². The van der Waals surface area contributed by atoms with Gasteiger partial charge in [0.25, 0.3) is 0 Å². The first-order valence-corrected chi connectivity index (χ1v) is 6.59. The molecule has 1 rings (SSSR count). The van der Waals surface area contributed by atoms with Gasteiger partial charge in [0.05, 0.1) is 0 Å². The van der Waals surface area contributed by atoms with Crippen LogP contribution in [-0.2, 0) is 4.79 Å². The fraction of sp³-hybridized carbons (Fsp3) is 0.923. The first-order chi connectivity index (χ1) is 7.52. The van der Waals surface area contributed by atoms with Crippen molar-refractivity contribution in [2.45, 2.75) is 64.8 Å². The molecule has 0 aromatic rings. The Bertz CT molecular complexity index is 248. The van der Waals surface area contributed by atoms with Crippen molar-refractivity contribution in [3.05, 3.63) is 0 Å². The Morgan fingerprint density at radius 2 is 1.82 bits per heavy atom. The lowest BCUT2D eigenvalue weighted by Gasteiger charge is -2.28. The van der Waals surface area contributed by atoms with Gasteiger partial charge in [-0.25, -0.2) is 0 Å². The molecule has 0 aliphatic heterocycles. The summed E-state index contributed by atoms with van der Waals surface area (Å²) in [5.41, 5.74) is 5.91. The molecule has 0 unspecified atom stereocenters. The average molecular weight is 263 g/mol. The number of hydrogen-bond acceptors (Lipinski definition) is 2. The Hall–Kier alpha value is -0.280. The van der Waals surface area contributed by atoms with E-state index in [9.17, 15) is 4.79 Å². The van der Waals surface area contributed by atoms with Crippen molar-refractivity contribution >= 4 is 18.3 Å². The molecule has 1 fully saturated rings. The van der Waals surface area contributed by atoms with Crippen LogP contribution in [0.2, 0.25) is 0 Å². The maximum atomic E-state index is 12.0. The van der Waals surface area contributed by atoms with Crippen LogP contribution in [0.5, 0.6) is 0 Å². The monoisotopic (exact) mass is 262 g/mol. The van der Waals surface area contributed by atoms with Crippen molar-refractivity contribution in [1.82, 2.24) is 5.32 Å². The van der Waals surface area contributed by atoms with Crippen LogP contribution in [0.25, 0.3) is 0 Å². The summed E-state index contributed by atoms with van der Waals surface area (Å²) in [4.78, 5) is 12.0. The number of nitrogens with two attached hydrogens (primary N) is 1. The molecule has 102 valence electrons. The summed E-state index contributed by atoms with van der Waals surface area (Å²) in [5, 5.41) is 3.05. The summed E-state index contributed by atoms with van der Waals surface area (Å²) in [6.07, 6.45) is 6.04. The quantitative estimate of drug-likeness (QED) is 0.741. The third-order valence-electron chi connectivity index (χ3n) is 4.07. The van der Waals surface area contributed by atoms with Crippen molar-refractivity contribution in [1.29, 1.82) is 0 Å². The molecule has 17 heavy (non-hydrogen) atoms. The maximum Gasteiger partial charge on any atom is 0.226 e. The molecule has 1 aliphatic rings. The summed E-state index contributed by atoms with van der Waals surface area (Å²) < 4.78 is 0. The second kappa shape index (κ2) is 6.60. The van der Waals surface area contributed by atoms with Crippen LogP contribution in [0.1, 0.15) is 59.3 Å². The van der Waals surface area contributed by atoms with Gasteiger partial charge in [0.2, 0.25) is 5.91 Å². The van der Waals surface area contributed by atoms with Gasteiger partial charge in [0.15, 0.2) is 0 Å². The molecule has 0 bridgehead atoms. The van der Waals surface area contributed by atoms with Gasteiger partial charge in [-0.05, 0) is 32.1 Å². The summed E-state index contributed by atoms with van der Waals surface area (Å²) >= 11 is 0. The highest BCUT2D eigenvalue weighted by molar-refractivity contribution is 5.85. The van der Waals surface area contributed by atoms with E-state index in [2.05, 4.69) is 26.1 Å². The Morgan fingerprint density at radius 1 is 1.29 bits per heavy atom. The predicted octanol–water partition coefficient (Wildman–Crippen LogP) is 2.62. The molecular weight excluding hydrogens is 236 g/mol. The minimum absolute atomic E-state index is 0. The van der Waals surface area contributed by atoms with E-state index in [4.69, 9.17) is 5.73 Å². The van der Waals surface area contributed by atoms with Crippen molar-refractivity contribution in [2.24, 2.45) is 11.1 Å². The SMILES string of the molecule is CCCC1(C(=O)NCC(N)(CC)CC)CC1.Cl. The molecule has 1 saturated carbocycles. The largest absolute Gasteiger partial charge is 0.354 e. The molecule has 0 saturated heterocycles. The molecule has 0 spiro atoms. The highest BCUT2D eigenvalue weighted by Crippen LogP contribution is 2.49. The standard InChI is InChI=1S/C13H26N2O.ClH/c1-4-7-12(8-9-12)11(16)15-10-13(14,5-2)6-3;/h4-10,14H2,1-3H3,(H,15,16);1H. The third kappa shape index (κ3) is 4.14. The Morgan fingerprint density at radius 3 is 2.18 bits per heavy atom. The smallest absolute Gasteiger partial charge is 0.226 e. The average Bonchev–Trinajstić information content (AvgIpc) is 3.07. The zero-order chi connectivity index (χ0) is 12.2. The molecule has 0 aromatic heterocycles. The number of hydrogen-bond donors (Lipinski definition) is 2.